The molecular weight excluding hydrogens is 238 g/mol. The highest BCUT2D eigenvalue weighted by Gasteiger charge is 2.10. The third-order valence-electron chi connectivity index (χ3n) is 2.51. The van der Waals surface area contributed by atoms with Gasteiger partial charge in [-0.2, -0.15) is 0 Å². The highest BCUT2D eigenvalue weighted by molar-refractivity contribution is 5.69. The molecule has 0 fully saturated rings. The molecule has 1 rings (SSSR count). The summed E-state index contributed by atoms with van der Waals surface area (Å²) < 4.78 is 5.26. The first-order valence-corrected chi connectivity index (χ1v) is 6.52. The predicted octanol–water partition coefficient (Wildman–Crippen LogP) is 4.13. The summed E-state index contributed by atoms with van der Waals surface area (Å²) in [6.45, 7) is 6.48. The Morgan fingerprint density at radius 3 is 2.74 bits per heavy atom. The Balaban J connectivity index is 2.49. The Kier molecular flexibility index (Phi) is 7.10. The van der Waals surface area contributed by atoms with Gasteiger partial charge in [0.2, 0.25) is 0 Å². The molecule has 3 nitrogen and oxygen atoms in total. The number of carbonyl (C=O) groups excluding carboxylic acids is 1. The fourth-order valence-corrected chi connectivity index (χ4v) is 1.51. The molecule has 0 N–H and O–H groups in total. The quantitative estimate of drug-likeness (QED) is 0.689. The molecule has 1 aromatic carbocycles. The molecule has 102 valence electrons. The number of hydrogen-bond donors (Lipinski definition) is 0. The lowest BCUT2D eigenvalue weighted by molar-refractivity contribution is 0.113. The Morgan fingerprint density at radius 2 is 2.11 bits per heavy atom. The molecular formula is C16H21NO2. The lowest BCUT2D eigenvalue weighted by Crippen LogP contribution is -2.26. The zero-order valence-electron chi connectivity index (χ0n) is 11.4. The first-order valence-electron chi connectivity index (χ1n) is 6.52. The molecule has 0 aromatic heterocycles. The molecule has 0 unspecified atom stereocenters. The fourth-order valence-electron chi connectivity index (χ4n) is 1.51. The lowest BCUT2D eigenvalue weighted by Gasteiger charge is -2.16. The second-order valence-corrected chi connectivity index (χ2v) is 4.15. The standard InChI is InChI=1S/C16H21NO2/c1-3-5-9-13-17(12-4-2)16(18)19-14-15-10-7-6-8-11-15/h4,6-11,13H,2-3,5,12,14H2,1H3/b13-9+. The molecule has 0 aliphatic rings. The van der Waals surface area contributed by atoms with Gasteiger partial charge in [-0.25, -0.2) is 4.79 Å². The van der Waals surface area contributed by atoms with E-state index in [9.17, 15) is 4.79 Å². The number of ether oxygens (including phenoxy) is 1. The SMILES string of the molecule is C=CCN(/C=C/CCC)C(=O)OCc1ccccc1. The molecule has 0 bridgehead atoms. The molecule has 0 radical (unpaired) electrons. The monoisotopic (exact) mass is 259 g/mol. The van der Waals surface area contributed by atoms with Gasteiger partial charge in [0.15, 0.2) is 0 Å². The third-order valence-corrected chi connectivity index (χ3v) is 2.51. The van der Waals surface area contributed by atoms with Crippen LogP contribution in [-0.4, -0.2) is 17.5 Å². The summed E-state index contributed by atoms with van der Waals surface area (Å²) >= 11 is 0. The topological polar surface area (TPSA) is 29.5 Å². The van der Waals surface area contributed by atoms with Crippen LogP contribution in [0, 0.1) is 0 Å². The number of amides is 1. The van der Waals surface area contributed by atoms with Gasteiger partial charge in [0.25, 0.3) is 0 Å². The van der Waals surface area contributed by atoms with E-state index in [1.807, 2.05) is 36.4 Å². The smallest absolute Gasteiger partial charge is 0.414 e. The van der Waals surface area contributed by atoms with E-state index in [4.69, 9.17) is 4.74 Å². The van der Waals surface area contributed by atoms with Crippen molar-refractivity contribution < 1.29 is 9.53 Å². The zero-order valence-corrected chi connectivity index (χ0v) is 11.4. The van der Waals surface area contributed by atoms with E-state index < -0.39 is 0 Å². The summed E-state index contributed by atoms with van der Waals surface area (Å²) in [5.74, 6) is 0. The number of unbranched alkanes of at least 4 members (excludes halogenated alkanes) is 1. The van der Waals surface area contributed by atoms with Gasteiger partial charge in [-0.15, -0.1) is 6.58 Å². The molecule has 0 aliphatic heterocycles. The summed E-state index contributed by atoms with van der Waals surface area (Å²) in [6, 6.07) is 9.64. The number of allylic oxidation sites excluding steroid dienone is 1. The second-order valence-electron chi connectivity index (χ2n) is 4.15. The average molecular weight is 259 g/mol. The first kappa shape index (κ1) is 15.0. The first-order chi connectivity index (χ1) is 9.27. The van der Waals surface area contributed by atoms with E-state index >= 15 is 0 Å². The third kappa shape index (κ3) is 5.91. The molecule has 19 heavy (non-hydrogen) atoms. The fraction of sp³-hybridized carbons (Fsp3) is 0.312. The van der Waals surface area contributed by atoms with Crippen molar-refractivity contribution in [2.24, 2.45) is 0 Å². The minimum atomic E-state index is -0.351. The Morgan fingerprint density at radius 1 is 1.37 bits per heavy atom. The van der Waals surface area contributed by atoms with Crippen molar-refractivity contribution in [3.63, 3.8) is 0 Å². The highest BCUT2D eigenvalue weighted by Crippen LogP contribution is 2.04. The van der Waals surface area contributed by atoms with Gasteiger partial charge in [0, 0.05) is 12.7 Å². The van der Waals surface area contributed by atoms with Gasteiger partial charge in [0.1, 0.15) is 6.61 Å². The van der Waals surface area contributed by atoms with Crippen LogP contribution in [0.25, 0.3) is 0 Å². The summed E-state index contributed by atoms with van der Waals surface area (Å²) in [7, 11) is 0. The molecule has 0 heterocycles. The summed E-state index contributed by atoms with van der Waals surface area (Å²) in [4.78, 5) is 13.4. The van der Waals surface area contributed by atoms with Crippen molar-refractivity contribution in [3.05, 3.63) is 60.8 Å². The molecule has 0 atom stereocenters. The minimum absolute atomic E-state index is 0.287. The Labute approximate surface area is 115 Å². The maximum Gasteiger partial charge on any atom is 0.414 e. The maximum atomic E-state index is 11.9. The van der Waals surface area contributed by atoms with Gasteiger partial charge in [-0.3, -0.25) is 4.90 Å². The van der Waals surface area contributed by atoms with E-state index in [0.717, 1.165) is 18.4 Å². The van der Waals surface area contributed by atoms with Crippen LogP contribution >= 0.6 is 0 Å². The van der Waals surface area contributed by atoms with Crippen LogP contribution < -0.4 is 0 Å². The Bertz CT molecular complexity index is 412. The lowest BCUT2D eigenvalue weighted by atomic mass is 10.2. The number of rotatable bonds is 7. The summed E-state index contributed by atoms with van der Waals surface area (Å²) in [5, 5.41) is 0. The highest BCUT2D eigenvalue weighted by atomic mass is 16.6. The zero-order chi connectivity index (χ0) is 13.9. The molecule has 0 saturated carbocycles. The van der Waals surface area contributed by atoms with Crippen molar-refractivity contribution in [1.29, 1.82) is 0 Å². The normalized spacial score (nSPS) is 10.4. The van der Waals surface area contributed by atoms with Crippen LogP contribution in [-0.2, 0) is 11.3 Å². The average Bonchev–Trinajstić information content (AvgIpc) is 2.45. The van der Waals surface area contributed by atoms with Gasteiger partial charge < -0.3 is 4.74 Å². The van der Waals surface area contributed by atoms with Crippen LogP contribution in [0.3, 0.4) is 0 Å². The molecule has 0 spiro atoms. The van der Waals surface area contributed by atoms with Crippen LogP contribution in [0.4, 0.5) is 4.79 Å². The molecule has 1 amide bonds. The second kappa shape index (κ2) is 8.97. The van der Waals surface area contributed by atoms with Gasteiger partial charge in [-0.05, 0) is 12.0 Å². The number of benzene rings is 1. The van der Waals surface area contributed by atoms with E-state index in [1.165, 1.54) is 4.90 Å². The molecule has 3 heteroatoms. The van der Waals surface area contributed by atoms with Gasteiger partial charge >= 0.3 is 6.09 Å². The van der Waals surface area contributed by atoms with Gasteiger partial charge in [-0.1, -0.05) is 55.8 Å². The van der Waals surface area contributed by atoms with E-state index in [1.54, 1.807) is 12.3 Å². The van der Waals surface area contributed by atoms with Crippen molar-refractivity contribution in [1.82, 2.24) is 4.90 Å². The van der Waals surface area contributed by atoms with E-state index in [0.29, 0.717) is 6.54 Å². The molecule has 0 saturated heterocycles. The summed E-state index contributed by atoms with van der Waals surface area (Å²) in [5.41, 5.74) is 0.979. The molecule has 0 aliphatic carbocycles. The van der Waals surface area contributed by atoms with Crippen molar-refractivity contribution >= 4 is 6.09 Å². The van der Waals surface area contributed by atoms with Crippen LogP contribution in [0.1, 0.15) is 25.3 Å². The van der Waals surface area contributed by atoms with E-state index in [2.05, 4.69) is 13.5 Å². The van der Waals surface area contributed by atoms with Crippen LogP contribution in [0.15, 0.2) is 55.3 Å². The largest absolute Gasteiger partial charge is 0.444 e. The van der Waals surface area contributed by atoms with Crippen LogP contribution in [0.5, 0.6) is 0 Å². The maximum absolute atomic E-state index is 11.9. The predicted molar refractivity (Wildman–Crippen MR) is 77.6 cm³/mol. The minimum Gasteiger partial charge on any atom is -0.444 e. The van der Waals surface area contributed by atoms with Crippen molar-refractivity contribution in [3.8, 4) is 0 Å². The molecule has 1 aromatic rings. The number of carbonyl (C=O) groups is 1. The summed E-state index contributed by atoms with van der Waals surface area (Å²) in [6.07, 6.45) is 7.05. The van der Waals surface area contributed by atoms with E-state index in [-0.39, 0.29) is 12.7 Å². The van der Waals surface area contributed by atoms with Crippen molar-refractivity contribution in [2.45, 2.75) is 26.4 Å². The van der Waals surface area contributed by atoms with Crippen LogP contribution in [0.2, 0.25) is 0 Å². The number of hydrogen-bond acceptors (Lipinski definition) is 2. The van der Waals surface area contributed by atoms with Crippen molar-refractivity contribution in [2.75, 3.05) is 6.54 Å². The van der Waals surface area contributed by atoms with Gasteiger partial charge in [0.05, 0.1) is 0 Å². The Hall–Kier alpha value is -2.03. The number of nitrogens with zero attached hydrogens (tertiary/aromatic N) is 1.